The number of fused-ring (bicyclic) bond motifs is 1. The largest absolute Gasteiger partial charge is 0.503 e. The van der Waals surface area contributed by atoms with Gasteiger partial charge in [0.2, 0.25) is 5.78 Å². The van der Waals surface area contributed by atoms with E-state index < -0.39 is 23.5 Å². The number of aliphatic hydroxyl groups excluding tert-OH is 1. The van der Waals surface area contributed by atoms with E-state index in [0.717, 1.165) is 4.70 Å². The number of aryl methyl sites for hydroxylation is 2. The highest BCUT2D eigenvalue weighted by Gasteiger charge is 2.46. The highest BCUT2D eigenvalue weighted by Crippen LogP contribution is 2.46. The van der Waals surface area contributed by atoms with E-state index in [1.807, 2.05) is 13.0 Å². The van der Waals surface area contributed by atoms with Gasteiger partial charge in [-0.25, -0.2) is 9.97 Å². The van der Waals surface area contributed by atoms with Crippen molar-refractivity contribution in [3.8, 4) is 5.75 Å². The Morgan fingerprint density at radius 2 is 1.89 bits per heavy atom. The average Bonchev–Trinajstić information content (AvgIpc) is 3.48. The van der Waals surface area contributed by atoms with Gasteiger partial charge in [-0.15, -0.1) is 11.3 Å². The molecule has 0 radical (unpaired) electrons. The van der Waals surface area contributed by atoms with Crippen molar-refractivity contribution in [3.05, 3.63) is 78.9 Å². The summed E-state index contributed by atoms with van der Waals surface area (Å²) < 4.78 is 6.38. The molecule has 4 aromatic rings. The number of benzene rings is 2. The van der Waals surface area contributed by atoms with Crippen LogP contribution >= 0.6 is 45.9 Å². The summed E-state index contributed by atoms with van der Waals surface area (Å²) in [6, 6.07) is 9.34. The molecule has 0 spiro atoms. The molecular weight excluding hydrogens is 541 g/mol. The number of Topliss-reactive ketones (excluding diaryl/α,β-unsaturated/α-hetero) is 1. The number of ether oxygens (including phenoxy) is 1. The van der Waals surface area contributed by atoms with Crippen LogP contribution in [0.2, 0.25) is 10.0 Å². The number of carbonyl (C=O) groups is 2. The minimum Gasteiger partial charge on any atom is -0.503 e. The number of hydrogen-bond acceptors (Lipinski definition) is 8. The van der Waals surface area contributed by atoms with Gasteiger partial charge in [-0.05, 0) is 56.7 Å². The molecule has 0 saturated carbocycles. The van der Waals surface area contributed by atoms with Crippen molar-refractivity contribution < 1.29 is 19.4 Å². The van der Waals surface area contributed by atoms with Gasteiger partial charge >= 0.3 is 0 Å². The van der Waals surface area contributed by atoms with Crippen molar-refractivity contribution in [2.75, 3.05) is 11.5 Å². The van der Waals surface area contributed by atoms with Crippen molar-refractivity contribution in [1.82, 2.24) is 9.97 Å². The fraction of sp³-hybridized carbons (Fsp3) is 0.200. The van der Waals surface area contributed by atoms with Gasteiger partial charge in [0.1, 0.15) is 5.75 Å². The van der Waals surface area contributed by atoms with E-state index in [0.29, 0.717) is 49.2 Å². The summed E-state index contributed by atoms with van der Waals surface area (Å²) in [6.45, 7) is 5.93. The standard InChI is InChI=1S/C25H19Cl2N3O4S2/c1-4-34-14-6-8-17-18(10-14)36-25(29-17)30-20(13-5-7-15(26)16(27)9-13)19(22(32)24(30)33)21(31)23-11(2)28-12(3)35-23/h5-10,20,32H,4H2,1-3H3. The Morgan fingerprint density at radius 3 is 2.56 bits per heavy atom. The van der Waals surface area contributed by atoms with E-state index in [4.69, 9.17) is 27.9 Å². The Morgan fingerprint density at radius 1 is 1.11 bits per heavy atom. The second-order valence-corrected chi connectivity index (χ2v) is 11.1. The molecule has 7 nitrogen and oxygen atoms in total. The molecule has 5 rings (SSSR count). The first-order valence-corrected chi connectivity index (χ1v) is 13.3. The highest BCUT2D eigenvalue weighted by molar-refractivity contribution is 7.22. The molecule has 1 atom stereocenters. The zero-order chi connectivity index (χ0) is 25.7. The van der Waals surface area contributed by atoms with E-state index in [-0.39, 0.29) is 10.6 Å². The second kappa shape index (κ2) is 9.48. The summed E-state index contributed by atoms with van der Waals surface area (Å²) in [5, 5.41) is 12.6. The highest BCUT2D eigenvalue weighted by atomic mass is 35.5. The van der Waals surface area contributed by atoms with Crippen LogP contribution in [0.15, 0.2) is 47.7 Å². The van der Waals surface area contributed by atoms with Crippen LogP contribution in [0.25, 0.3) is 10.2 Å². The lowest BCUT2D eigenvalue weighted by Gasteiger charge is -2.24. The molecule has 3 heterocycles. The molecule has 36 heavy (non-hydrogen) atoms. The summed E-state index contributed by atoms with van der Waals surface area (Å²) in [7, 11) is 0. The van der Waals surface area contributed by atoms with Crippen LogP contribution in [-0.2, 0) is 4.79 Å². The van der Waals surface area contributed by atoms with E-state index in [9.17, 15) is 14.7 Å². The average molecular weight is 560 g/mol. The van der Waals surface area contributed by atoms with E-state index in [2.05, 4.69) is 9.97 Å². The molecule has 184 valence electrons. The fourth-order valence-corrected chi connectivity index (χ4v) is 6.35. The maximum atomic E-state index is 13.7. The number of thiazole rings is 2. The first-order chi connectivity index (χ1) is 17.2. The van der Waals surface area contributed by atoms with Gasteiger partial charge < -0.3 is 9.84 Å². The molecule has 0 fully saturated rings. The fourth-order valence-electron chi connectivity index (χ4n) is 4.15. The van der Waals surface area contributed by atoms with E-state index >= 15 is 0 Å². The van der Waals surface area contributed by atoms with Crippen molar-refractivity contribution >= 4 is 72.9 Å². The maximum absolute atomic E-state index is 13.7. The molecule has 1 aliphatic rings. The number of amides is 1. The summed E-state index contributed by atoms with van der Waals surface area (Å²) >= 11 is 14.9. The third-order valence-corrected chi connectivity index (χ3v) is 8.52. The smallest absolute Gasteiger partial charge is 0.296 e. The first kappa shape index (κ1) is 24.7. The minimum atomic E-state index is -0.964. The molecular formula is C25H19Cl2N3O4S2. The Bertz CT molecular complexity index is 1580. The van der Waals surface area contributed by atoms with Crippen LogP contribution in [0.1, 0.15) is 38.9 Å². The SMILES string of the molecule is CCOc1ccc2nc(N3C(=O)C(O)=C(C(=O)c4sc(C)nc4C)C3c3ccc(Cl)c(Cl)c3)sc2c1. The van der Waals surface area contributed by atoms with Crippen LogP contribution in [0.5, 0.6) is 5.75 Å². The topological polar surface area (TPSA) is 92.6 Å². The monoisotopic (exact) mass is 559 g/mol. The Balaban J connectivity index is 1.67. The Labute approximate surface area is 224 Å². The number of rotatable bonds is 6. The van der Waals surface area contributed by atoms with Crippen molar-refractivity contribution in [1.29, 1.82) is 0 Å². The molecule has 0 aliphatic carbocycles. The molecule has 1 unspecified atom stereocenters. The third kappa shape index (κ3) is 4.16. The van der Waals surface area contributed by atoms with Gasteiger partial charge in [-0.3, -0.25) is 14.5 Å². The van der Waals surface area contributed by atoms with Crippen LogP contribution in [0.3, 0.4) is 0 Å². The lowest BCUT2D eigenvalue weighted by atomic mass is 9.95. The lowest BCUT2D eigenvalue weighted by Crippen LogP contribution is -2.31. The Hall–Kier alpha value is -2.98. The molecule has 0 saturated heterocycles. The lowest BCUT2D eigenvalue weighted by molar-refractivity contribution is -0.117. The van der Waals surface area contributed by atoms with Crippen LogP contribution in [0.4, 0.5) is 5.13 Å². The third-order valence-electron chi connectivity index (χ3n) is 5.69. The predicted octanol–water partition coefficient (Wildman–Crippen LogP) is 6.86. The van der Waals surface area contributed by atoms with Crippen LogP contribution in [-0.4, -0.2) is 33.4 Å². The minimum absolute atomic E-state index is 0.0561. The number of anilines is 1. The normalized spacial score (nSPS) is 15.9. The van der Waals surface area contributed by atoms with E-state index in [1.165, 1.54) is 27.6 Å². The molecule has 2 aromatic carbocycles. The Kier molecular flexibility index (Phi) is 6.50. The van der Waals surface area contributed by atoms with Gasteiger partial charge in [0.05, 0.1) is 54.1 Å². The molecule has 1 amide bonds. The van der Waals surface area contributed by atoms with E-state index in [1.54, 1.807) is 44.2 Å². The van der Waals surface area contributed by atoms with Crippen LogP contribution in [0, 0.1) is 13.8 Å². The van der Waals surface area contributed by atoms with Crippen molar-refractivity contribution in [2.45, 2.75) is 26.8 Å². The molecule has 2 aromatic heterocycles. The quantitative estimate of drug-likeness (QED) is 0.259. The number of hydrogen-bond donors (Lipinski definition) is 1. The van der Waals surface area contributed by atoms with Gasteiger partial charge in [0, 0.05) is 0 Å². The zero-order valence-corrected chi connectivity index (χ0v) is 22.5. The second-order valence-electron chi connectivity index (χ2n) is 8.05. The summed E-state index contributed by atoms with van der Waals surface area (Å²) in [5.74, 6) is -1.14. The zero-order valence-electron chi connectivity index (χ0n) is 19.3. The molecule has 1 N–H and O–H groups in total. The number of carbonyl (C=O) groups excluding carboxylic acids is 2. The van der Waals surface area contributed by atoms with Crippen molar-refractivity contribution in [2.24, 2.45) is 0 Å². The number of ketones is 1. The number of aromatic nitrogens is 2. The summed E-state index contributed by atoms with van der Waals surface area (Å²) in [6.07, 6.45) is 0. The first-order valence-electron chi connectivity index (χ1n) is 10.9. The summed E-state index contributed by atoms with van der Waals surface area (Å²) in [4.78, 5) is 37.8. The molecule has 11 heteroatoms. The predicted molar refractivity (Wildman–Crippen MR) is 143 cm³/mol. The molecule has 1 aliphatic heterocycles. The van der Waals surface area contributed by atoms with Gasteiger partial charge in [0.25, 0.3) is 5.91 Å². The van der Waals surface area contributed by atoms with Gasteiger partial charge in [-0.1, -0.05) is 40.6 Å². The summed E-state index contributed by atoms with van der Waals surface area (Å²) in [5.41, 5.74) is 1.65. The molecule has 0 bridgehead atoms. The van der Waals surface area contributed by atoms with Crippen LogP contribution < -0.4 is 9.64 Å². The van der Waals surface area contributed by atoms with Gasteiger partial charge in [0.15, 0.2) is 10.9 Å². The maximum Gasteiger partial charge on any atom is 0.296 e. The van der Waals surface area contributed by atoms with Crippen molar-refractivity contribution in [3.63, 3.8) is 0 Å². The number of halogens is 2. The number of aliphatic hydroxyl groups is 1. The van der Waals surface area contributed by atoms with Gasteiger partial charge in [-0.2, -0.15) is 0 Å². The number of nitrogens with zero attached hydrogens (tertiary/aromatic N) is 3.